The molecule has 0 unspecified atom stereocenters. The van der Waals surface area contributed by atoms with Gasteiger partial charge in [-0.3, -0.25) is 4.79 Å². The van der Waals surface area contributed by atoms with Crippen molar-refractivity contribution in [1.82, 2.24) is 0 Å². The van der Waals surface area contributed by atoms with E-state index in [4.69, 9.17) is 0 Å². The molecule has 0 atom stereocenters. The van der Waals surface area contributed by atoms with Crippen LogP contribution >= 0.6 is 12.4 Å². The first kappa shape index (κ1) is 20.7. The second-order valence-corrected chi connectivity index (χ2v) is 6.58. The minimum absolute atomic E-state index is 0. The zero-order valence-corrected chi connectivity index (χ0v) is 15.3. The number of allylic oxidation sites excluding steroid dienone is 10. The molecule has 22 heavy (non-hydrogen) atoms. The highest BCUT2D eigenvalue weighted by Crippen LogP contribution is 2.40. The van der Waals surface area contributed by atoms with Crippen molar-refractivity contribution >= 4 is 18.7 Å². The van der Waals surface area contributed by atoms with Gasteiger partial charge in [-0.2, -0.15) is 0 Å². The zero-order valence-electron chi connectivity index (χ0n) is 14.5. The summed E-state index contributed by atoms with van der Waals surface area (Å²) in [6.45, 7) is 10.9. The van der Waals surface area contributed by atoms with E-state index in [1.807, 2.05) is 19.1 Å². The zero-order chi connectivity index (χ0) is 15.9. The van der Waals surface area contributed by atoms with Crippen LogP contribution in [-0.4, -0.2) is 6.29 Å². The Labute approximate surface area is 142 Å². The smallest absolute Gasteiger partial charge is 0.143 e. The van der Waals surface area contributed by atoms with Crippen LogP contribution in [0.1, 0.15) is 53.9 Å². The Morgan fingerprint density at radius 2 is 1.73 bits per heavy atom. The van der Waals surface area contributed by atoms with Gasteiger partial charge in [0.1, 0.15) is 6.29 Å². The number of carbonyl (C=O) groups is 1. The molecule has 0 heterocycles. The van der Waals surface area contributed by atoms with Gasteiger partial charge in [0.15, 0.2) is 0 Å². The Morgan fingerprint density at radius 1 is 1.09 bits per heavy atom. The van der Waals surface area contributed by atoms with Crippen LogP contribution in [0.3, 0.4) is 0 Å². The summed E-state index contributed by atoms with van der Waals surface area (Å²) in [5.41, 5.74) is 5.48. The molecular formula is C20H29ClO. The van der Waals surface area contributed by atoms with Gasteiger partial charge in [-0.05, 0) is 62.7 Å². The summed E-state index contributed by atoms with van der Waals surface area (Å²) in [5, 5.41) is 0. The minimum atomic E-state index is 0. The maximum atomic E-state index is 10.3. The Kier molecular flexibility index (Phi) is 9.04. The molecular weight excluding hydrogens is 292 g/mol. The van der Waals surface area contributed by atoms with E-state index in [-0.39, 0.29) is 17.8 Å². The summed E-state index contributed by atoms with van der Waals surface area (Å²) in [6.07, 6.45) is 16.6. The van der Waals surface area contributed by atoms with E-state index in [2.05, 4.69) is 45.9 Å². The van der Waals surface area contributed by atoms with Gasteiger partial charge >= 0.3 is 0 Å². The molecule has 1 aliphatic carbocycles. The largest absolute Gasteiger partial charge is 0.299 e. The molecule has 0 aliphatic heterocycles. The molecule has 0 saturated carbocycles. The van der Waals surface area contributed by atoms with Crippen molar-refractivity contribution in [3.63, 3.8) is 0 Å². The van der Waals surface area contributed by atoms with Crippen LogP contribution in [0.25, 0.3) is 0 Å². The number of hydrogen-bond donors (Lipinski definition) is 0. The molecule has 0 aromatic carbocycles. The third-order valence-electron chi connectivity index (χ3n) is 4.10. The quantitative estimate of drug-likeness (QED) is 0.338. The molecule has 1 nitrogen and oxygen atoms in total. The Hall–Kier alpha value is -1.34. The van der Waals surface area contributed by atoms with E-state index in [0.29, 0.717) is 0 Å². The molecule has 0 fully saturated rings. The second-order valence-electron chi connectivity index (χ2n) is 6.58. The van der Waals surface area contributed by atoms with Crippen molar-refractivity contribution in [2.75, 3.05) is 0 Å². The molecule has 0 saturated heterocycles. The normalized spacial score (nSPS) is 19.7. The minimum Gasteiger partial charge on any atom is -0.299 e. The summed E-state index contributed by atoms with van der Waals surface area (Å²) in [7, 11) is 0. The van der Waals surface area contributed by atoms with E-state index >= 15 is 0 Å². The Balaban J connectivity index is 0.00000441. The summed E-state index contributed by atoms with van der Waals surface area (Å²) in [4.78, 5) is 10.3. The van der Waals surface area contributed by atoms with Gasteiger partial charge in [0.2, 0.25) is 0 Å². The van der Waals surface area contributed by atoms with E-state index < -0.39 is 0 Å². The van der Waals surface area contributed by atoms with E-state index in [9.17, 15) is 4.79 Å². The molecule has 1 rings (SSSR count). The second kappa shape index (κ2) is 9.63. The average molecular weight is 321 g/mol. The first-order chi connectivity index (χ1) is 9.86. The fraction of sp³-hybridized carbons (Fsp3) is 0.450. The van der Waals surface area contributed by atoms with Gasteiger partial charge < -0.3 is 0 Å². The molecule has 0 N–H and O–H groups in total. The van der Waals surface area contributed by atoms with Gasteiger partial charge in [0, 0.05) is 0 Å². The van der Waals surface area contributed by atoms with Gasteiger partial charge in [0.05, 0.1) is 0 Å². The highest BCUT2D eigenvalue weighted by atomic mass is 35.5. The van der Waals surface area contributed by atoms with Crippen molar-refractivity contribution in [3.05, 3.63) is 58.7 Å². The molecule has 0 bridgehead atoms. The topological polar surface area (TPSA) is 17.1 Å². The predicted molar refractivity (Wildman–Crippen MR) is 99.4 cm³/mol. The Morgan fingerprint density at radius 3 is 2.32 bits per heavy atom. The molecule has 0 aromatic heterocycles. The first-order valence-electron chi connectivity index (χ1n) is 7.72. The van der Waals surface area contributed by atoms with Crippen LogP contribution in [0.4, 0.5) is 0 Å². The SMILES string of the molecule is CC1=C(/C=C/C(C)=C/C=C/C(C)=C/C=O)C(C)(C)CCC1.Cl. The van der Waals surface area contributed by atoms with Crippen LogP contribution in [0.5, 0.6) is 0 Å². The predicted octanol–water partition coefficient (Wildman–Crippen LogP) is 6.14. The van der Waals surface area contributed by atoms with Crippen molar-refractivity contribution in [3.8, 4) is 0 Å². The molecule has 0 radical (unpaired) electrons. The first-order valence-corrected chi connectivity index (χ1v) is 7.72. The summed E-state index contributed by atoms with van der Waals surface area (Å²) < 4.78 is 0. The third kappa shape index (κ3) is 6.62. The number of rotatable bonds is 5. The monoisotopic (exact) mass is 320 g/mol. The molecule has 0 amide bonds. The fourth-order valence-electron chi connectivity index (χ4n) is 2.80. The summed E-state index contributed by atoms with van der Waals surface area (Å²) in [5.74, 6) is 0. The molecule has 0 spiro atoms. The molecule has 0 aromatic rings. The number of hydrogen-bond acceptors (Lipinski definition) is 1. The lowest BCUT2D eigenvalue weighted by Crippen LogP contribution is -2.19. The van der Waals surface area contributed by atoms with Gasteiger partial charge in [-0.15, -0.1) is 12.4 Å². The van der Waals surface area contributed by atoms with E-state index in [0.717, 1.165) is 11.9 Å². The molecule has 1 aliphatic rings. The number of aldehydes is 1. The van der Waals surface area contributed by atoms with E-state index in [1.54, 1.807) is 6.08 Å². The lowest BCUT2D eigenvalue weighted by atomic mass is 9.72. The van der Waals surface area contributed by atoms with Crippen molar-refractivity contribution in [1.29, 1.82) is 0 Å². The number of halogens is 1. The lowest BCUT2D eigenvalue weighted by Gasteiger charge is -2.32. The van der Waals surface area contributed by atoms with Crippen molar-refractivity contribution < 1.29 is 4.79 Å². The van der Waals surface area contributed by atoms with Crippen LogP contribution in [0.2, 0.25) is 0 Å². The van der Waals surface area contributed by atoms with Crippen LogP contribution < -0.4 is 0 Å². The fourth-order valence-corrected chi connectivity index (χ4v) is 2.80. The van der Waals surface area contributed by atoms with Gasteiger partial charge in [0.25, 0.3) is 0 Å². The third-order valence-corrected chi connectivity index (χ3v) is 4.10. The lowest BCUT2D eigenvalue weighted by molar-refractivity contribution is -0.104. The van der Waals surface area contributed by atoms with Gasteiger partial charge in [-0.1, -0.05) is 55.4 Å². The standard InChI is InChI=1S/C20H28O.ClH/c1-16(8-6-9-17(2)13-15-21)11-12-19-18(3)10-7-14-20(19,4)5;/h6,8-9,11-13,15H,7,10,14H2,1-5H3;1H/b9-6+,12-11+,16-8+,17-13+;. The molecule has 2 heteroatoms. The maximum Gasteiger partial charge on any atom is 0.143 e. The maximum absolute atomic E-state index is 10.3. The van der Waals surface area contributed by atoms with Crippen LogP contribution in [0, 0.1) is 5.41 Å². The average Bonchev–Trinajstić information content (AvgIpc) is 2.37. The van der Waals surface area contributed by atoms with Gasteiger partial charge in [-0.25, -0.2) is 0 Å². The van der Waals surface area contributed by atoms with Crippen LogP contribution in [-0.2, 0) is 4.79 Å². The highest BCUT2D eigenvalue weighted by Gasteiger charge is 2.26. The molecule has 122 valence electrons. The number of carbonyl (C=O) groups excluding carboxylic acids is 1. The van der Waals surface area contributed by atoms with Crippen molar-refractivity contribution in [2.24, 2.45) is 5.41 Å². The van der Waals surface area contributed by atoms with Crippen molar-refractivity contribution in [2.45, 2.75) is 53.9 Å². The van der Waals surface area contributed by atoms with Crippen LogP contribution in [0.15, 0.2) is 58.7 Å². The summed E-state index contributed by atoms with van der Waals surface area (Å²) in [6, 6.07) is 0. The highest BCUT2D eigenvalue weighted by molar-refractivity contribution is 5.85. The Bertz CT molecular complexity index is 528. The summed E-state index contributed by atoms with van der Waals surface area (Å²) >= 11 is 0. The van der Waals surface area contributed by atoms with E-state index in [1.165, 1.54) is 36.0 Å².